The van der Waals surface area contributed by atoms with Crippen LogP contribution >= 0.6 is 22.9 Å². The summed E-state index contributed by atoms with van der Waals surface area (Å²) >= 11 is 7.79. The van der Waals surface area contributed by atoms with Gasteiger partial charge in [0.1, 0.15) is 0 Å². The highest BCUT2D eigenvalue weighted by Crippen LogP contribution is 2.17. The van der Waals surface area contributed by atoms with Crippen LogP contribution in [0.2, 0.25) is 5.02 Å². The maximum atomic E-state index is 12.7. The summed E-state index contributed by atoms with van der Waals surface area (Å²) in [6.07, 6.45) is 1.30. The van der Waals surface area contributed by atoms with Gasteiger partial charge in [0, 0.05) is 55.6 Å². The summed E-state index contributed by atoms with van der Waals surface area (Å²) in [5, 5.41) is 5.17. The van der Waals surface area contributed by atoms with Gasteiger partial charge in [-0.15, -0.1) is 11.3 Å². The Morgan fingerprint density at radius 2 is 1.97 bits per heavy atom. The second-order valence-electron chi connectivity index (χ2n) is 7.40. The number of aryl methyl sites for hydroxylation is 2. The quantitative estimate of drug-likeness (QED) is 0.545. The van der Waals surface area contributed by atoms with E-state index in [-0.39, 0.29) is 5.91 Å². The lowest BCUT2D eigenvalue weighted by atomic mass is 10.1. The summed E-state index contributed by atoms with van der Waals surface area (Å²) < 4.78 is 0. The molecule has 1 amide bonds. The van der Waals surface area contributed by atoms with E-state index in [2.05, 4.69) is 29.0 Å². The van der Waals surface area contributed by atoms with Crippen LogP contribution in [0.5, 0.6) is 0 Å². The Morgan fingerprint density at radius 3 is 2.60 bits per heavy atom. The number of rotatable bonds is 6. The number of nitrogens with one attached hydrogen (secondary N) is 1. The van der Waals surface area contributed by atoms with Crippen LogP contribution in [0.1, 0.15) is 28.1 Å². The molecule has 2 heterocycles. The van der Waals surface area contributed by atoms with E-state index in [1.165, 1.54) is 4.88 Å². The molecule has 0 spiro atoms. The highest BCUT2D eigenvalue weighted by atomic mass is 35.5. The van der Waals surface area contributed by atoms with Crippen LogP contribution in [0.15, 0.2) is 29.3 Å². The van der Waals surface area contributed by atoms with E-state index in [1.807, 2.05) is 36.1 Å². The number of carbonyl (C=O) groups excluding carboxylic acids is 1. The highest BCUT2D eigenvalue weighted by molar-refractivity contribution is 7.11. The van der Waals surface area contributed by atoms with Gasteiger partial charge in [0.2, 0.25) is 5.91 Å². The van der Waals surface area contributed by atoms with Crippen LogP contribution in [-0.4, -0.2) is 65.9 Å². The van der Waals surface area contributed by atoms with E-state index in [0.29, 0.717) is 24.5 Å². The second-order valence-corrected chi connectivity index (χ2v) is 9.13. The number of piperazine rings is 1. The van der Waals surface area contributed by atoms with E-state index in [4.69, 9.17) is 16.6 Å². The molecule has 6 nitrogen and oxygen atoms in total. The summed E-state index contributed by atoms with van der Waals surface area (Å²) in [6, 6.07) is 7.52. The Kier molecular flexibility index (Phi) is 8.10. The molecule has 8 heteroatoms. The minimum absolute atomic E-state index is 0.148. The molecule has 1 aromatic heterocycles. The van der Waals surface area contributed by atoms with Crippen LogP contribution < -0.4 is 5.32 Å². The smallest absolute Gasteiger partial charge is 0.227 e. The van der Waals surface area contributed by atoms with Crippen LogP contribution in [-0.2, 0) is 17.6 Å². The molecule has 1 saturated heterocycles. The van der Waals surface area contributed by atoms with Gasteiger partial charge in [0.25, 0.3) is 0 Å². The summed E-state index contributed by atoms with van der Waals surface area (Å²) in [6.45, 7) is 10.7. The lowest BCUT2D eigenvalue weighted by molar-refractivity contribution is -0.131. The molecule has 3 rings (SSSR count). The summed E-state index contributed by atoms with van der Waals surface area (Å²) in [4.78, 5) is 27.5. The third kappa shape index (κ3) is 6.19. The number of thiazole rings is 1. The van der Waals surface area contributed by atoms with Gasteiger partial charge in [0.15, 0.2) is 5.96 Å². The predicted octanol–water partition coefficient (Wildman–Crippen LogP) is 3.31. The topological polar surface area (TPSA) is 60.8 Å². The number of hydrogen-bond donors (Lipinski definition) is 1. The van der Waals surface area contributed by atoms with Crippen molar-refractivity contribution in [2.24, 2.45) is 4.99 Å². The first-order valence-corrected chi connectivity index (χ1v) is 11.6. The van der Waals surface area contributed by atoms with Gasteiger partial charge in [-0.2, -0.15) is 0 Å². The first kappa shape index (κ1) is 22.6. The van der Waals surface area contributed by atoms with Gasteiger partial charge in [-0.05, 0) is 38.5 Å². The number of nitrogens with zero attached hydrogens (tertiary/aromatic N) is 4. The fourth-order valence-corrected chi connectivity index (χ4v) is 4.73. The number of hydrogen-bond acceptors (Lipinski definition) is 4. The first-order valence-electron chi connectivity index (χ1n) is 10.4. The summed E-state index contributed by atoms with van der Waals surface area (Å²) in [5.74, 6) is 1.08. The fraction of sp³-hybridized carbons (Fsp3) is 0.500. The minimum Gasteiger partial charge on any atom is -0.357 e. The summed E-state index contributed by atoms with van der Waals surface area (Å²) in [5.41, 5.74) is 2.07. The predicted molar refractivity (Wildman–Crippen MR) is 125 cm³/mol. The number of aliphatic imine (C=N–C) groups is 1. The molecule has 0 bridgehead atoms. The molecule has 1 aliphatic heterocycles. The normalized spacial score (nSPS) is 14.9. The van der Waals surface area contributed by atoms with Crippen molar-refractivity contribution in [2.45, 2.75) is 33.6 Å². The van der Waals surface area contributed by atoms with Crippen molar-refractivity contribution < 1.29 is 4.79 Å². The van der Waals surface area contributed by atoms with Crippen LogP contribution in [0.4, 0.5) is 0 Å². The molecule has 162 valence electrons. The van der Waals surface area contributed by atoms with Crippen LogP contribution in [0.3, 0.4) is 0 Å². The van der Waals surface area contributed by atoms with Crippen molar-refractivity contribution in [3.8, 4) is 0 Å². The van der Waals surface area contributed by atoms with Crippen LogP contribution in [0, 0.1) is 13.8 Å². The van der Waals surface area contributed by atoms with Crippen LogP contribution in [0.25, 0.3) is 0 Å². The van der Waals surface area contributed by atoms with E-state index in [1.54, 1.807) is 11.3 Å². The van der Waals surface area contributed by atoms with Crippen molar-refractivity contribution in [3.63, 3.8) is 0 Å². The third-order valence-corrected chi connectivity index (χ3v) is 6.48. The van der Waals surface area contributed by atoms with Crippen molar-refractivity contribution >= 4 is 34.8 Å². The standard InChI is InChI=1S/C22H30ClN5OS/c1-4-24-22(25-9-8-20-16(2)26-17(3)30-20)28-12-10-27(11-13-28)21(29)15-18-6-5-7-19(23)14-18/h5-7,14H,4,8-13,15H2,1-3H3,(H,24,25). The number of carbonyl (C=O) groups is 1. The Hall–Kier alpha value is -2.12. The minimum atomic E-state index is 0.148. The van der Waals surface area contributed by atoms with Gasteiger partial charge in [-0.25, -0.2) is 4.98 Å². The fourth-order valence-electron chi connectivity index (χ4n) is 3.60. The van der Waals surface area contributed by atoms with Gasteiger partial charge in [-0.1, -0.05) is 23.7 Å². The average Bonchev–Trinajstić information content (AvgIpc) is 3.04. The summed E-state index contributed by atoms with van der Waals surface area (Å²) in [7, 11) is 0. The molecule has 0 radical (unpaired) electrons. The maximum absolute atomic E-state index is 12.7. The van der Waals surface area contributed by atoms with Gasteiger partial charge >= 0.3 is 0 Å². The Morgan fingerprint density at radius 1 is 1.23 bits per heavy atom. The van der Waals surface area contributed by atoms with E-state index >= 15 is 0 Å². The second kappa shape index (κ2) is 10.8. The number of amides is 1. The molecule has 30 heavy (non-hydrogen) atoms. The lowest BCUT2D eigenvalue weighted by Gasteiger charge is -2.36. The van der Waals surface area contributed by atoms with Crippen molar-refractivity contribution in [2.75, 3.05) is 39.3 Å². The van der Waals surface area contributed by atoms with Crippen molar-refractivity contribution in [1.82, 2.24) is 20.1 Å². The number of halogens is 1. The number of benzene rings is 1. The molecule has 1 aromatic carbocycles. The first-order chi connectivity index (χ1) is 14.5. The molecule has 0 atom stereocenters. The maximum Gasteiger partial charge on any atom is 0.227 e. The van der Waals surface area contributed by atoms with Gasteiger partial charge < -0.3 is 15.1 Å². The molecule has 0 unspecified atom stereocenters. The average molecular weight is 448 g/mol. The molecular formula is C22H30ClN5OS. The molecule has 1 N–H and O–H groups in total. The van der Waals surface area contributed by atoms with E-state index in [9.17, 15) is 4.79 Å². The van der Waals surface area contributed by atoms with Crippen molar-refractivity contribution in [3.05, 3.63) is 50.4 Å². The zero-order valence-electron chi connectivity index (χ0n) is 17.9. The molecule has 0 saturated carbocycles. The van der Waals surface area contributed by atoms with E-state index < -0.39 is 0 Å². The zero-order valence-corrected chi connectivity index (χ0v) is 19.5. The number of guanidine groups is 1. The molecule has 1 fully saturated rings. The highest BCUT2D eigenvalue weighted by Gasteiger charge is 2.23. The Balaban J connectivity index is 1.52. The number of aromatic nitrogens is 1. The Bertz CT molecular complexity index is 889. The van der Waals surface area contributed by atoms with Gasteiger partial charge in [-0.3, -0.25) is 9.79 Å². The third-order valence-electron chi connectivity index (χ3n) is 5.11. The SMILES string of the molecule is CCNC(=NCCc1sc(C)nc1C)N1CCN(C(=O)Cc2cccc(Cl)c2)CC1. The molecule has 0 aliphatic carbocycles. The molecule has 2 aromatic rings. The van der Waals surface area contributed by atoms with Gasteiger partial charge in [0.05, 0.1) is 17.1 Å². The zero-order chi connectivity index (χ0) is 21.5. The largest absolute Gasteiger partial charge is 0.357 e. The molecular weight excluding hydrogens is 418 g/mol. The monoisotopic (exact) mass is 447 g/mol. The molecule has 1 aliphatic rings. The Labute approximate surface area is 188 Å². The van der Waals surface area contributed by atoms with Crippen molar-refractivity contribution in [1.29, 1.82) is 0 Å². The lowest BCUT2D eigenvalue weighted by Crippen LogP contribution is -2.54. The van der Waals surface area contributed by atoms with E-state index in [0.717, 1.165) is 54.8 Å².